The zero-order valence-electron chi connectivity index (χ0n) is 36.0. The number of hydrogen-bond donors (Lipinski definition) is 1. The van der Waals surface area contributed by atoms with Gasteiger partial charge in [-0.2, -0.15) is 0 Å². The molecule has 1 saturated heterocycles. The van der Waals surface area contributed by atoms with Crippen molar-refractivity contribution < 1.29 is 17.9 Å². The number of carbonyl (C=O) groups excluding carboxylic acids is 1. The Morgan fingerprint density at radius 1 is 0.909 bits per heavy atom. The normalized spacial score (nSPS) is 39.5. The van der Waals surface area contributed by atoms with Crippen molar-refractivity contribution in [3.8, 4) is 0 Å². The number of rotatable bonds is 9. The molecule has 0 aromatic heterocycles. The first kappa shape index (κ1) is 41.2. The van der Waals surface area contributed by atoms with Crippen LogP contribution in [0.15, 0.2) is 42.5 Å². The molecule has 0 radical (unpaired) electrons. The zero-order chi connectivity index (χ0) is 39.8. The standard InChI is InChI=1S/C48H74N2O4S/c1-33(2)36-18-23-48(32-49-26-11-27-50-28-30-55(52,53)31-29-50)25-24-46(9)38(41(36)48)16-17-40-45(8)21-19-37(44(6,7)39(45)20-22-47(40,46)10)34-12-14-35(15-13-34)42(51)54-43(3,4)5/h12-15,19,36,38-41,49H,1,11,16-18,20-32H2,2-10H3/t36-,38+,39-,40+,41+,45-,46+,47+,48+/m0/s1. The molecule has 1 aromatic rings. The molecular formula is C48H74N2O4S. The van der Waals surface area contributed by atoms with Gasteiger partial charge in [-0.05, 0) is 185 Å². The average molecular weight is 775 g/mol. The number of carbonyl (C=O) groups is 1. The number of allylic oxidation sites excluding steroid dienone is 3. The summed E-state index contributed by atoms with van der Waals surface area (Å²) in [7, 11) is -2.83. The molecule has 7 rings (SSSR count). The van der Waals surface area contributed by atoms with E-state index in [4.69, 9.17) is 4.74 Å². The van der Waals surface area contributed by atoms with Crippen molar-refractivity contribution in [2.75, 3.05) is 44.2 Å². The van der Waals surface area contributed by atoms with Gasteiger partial charge >= 0.3 is 5.97 Å². The van der Waals surface area contributed by atoms with Gasteiger partial charge in [0.25, 0.3) is 0 Å². The topological polar surface area (TPSA) is 75.7 Å². The molecule has 1 aromatic carbocycles. The number of sulfone groups is 1. The Balaban J connectivity index is 1.08. The van der Waals surface area contributed by atoms with Crippen LogP contribution in [-0.2, 0) is 14.6 Å². The minimum Gasteiger partial charge on any atom is -0.456 e. The van der Waals surface area contributed by atoms with Gasteiger partial charge in [-0.3, -0.25) is 0 Å². The lowest BCUT2D eigenvalue weighted by molar-refractivity contribution is -0.225. The molecule has 6 nitrogen and oxygen atoms in total. The van der Waals surface area contributed by atoms with E-state index in [1.807, 2.05) is 32.9 Å². The second kappa shape index (κ2) is 14.4. The Bertz CT molecular complexity index is 1760. The molecule has 1 aliphatic heterocycles. The van der Waals surface area contributed by atoms with Crippen molar-refractivity contribution in [3.63, 3.8) is 0 Å². The van der Waals surface area contributed by atoms with Crippen LogP contribution in [0.25, 0.3) is 5.57 Å². The van der Waals surface area contributed by atoms with Crippen molar-refractivity contribution in [2.45, 2.75) is 132 Å². The predicted octanol–water partition coefficient (Wildman–Crippen LogP) is 10.0. The maximum Gasteiger partial charge on any atom is 0.338 e. The summed E-state index contributed by atoms with van der Waals surface area (Å²) in [6.45, 7) is 30.4. The van der Waals surface area contributed by atoms with Crippen molar-refractivity contribution in [1.82, 2.24) is 10.2 Å². The fourth-order valence-electron chi connectivity index (χ4n) is 14.6. The molecule has 0 bridgehead atoms. The monoisotopic (exact) mass is 775 g/mol. The Hall–Kier alpha value is -1.96. The summed E-state index contributed by atoms with van der Waals surface area (Å²) in [6, 6.07) is 8.22. The number of benzene rings is 1. The third-order valence-corrected chi connectivity index (χ3v) is 19.0. The minimum atomic E-state index is -2.83. The molecule has 9 atom stereocenters. The maximum atomic E-state index is 12.8. The number of fused-ring (bicyclic) bond motifs is 7. The molecule has 55 heavy (non-hydrogen) atoms. The summed E-state index contributed by atoms with van der Waals surface area (Å²) < 4.78 is 29.5. The molecule has 6 aliphatic rings. The summed E-state index contributed by atoms with van der Waals surface area (Å²) in [4.78, 5) is 15.1. The van der Waals surface area contributed by atoms with Crippen LogP contribution in [0, 0.1) is 56.7 Å². The first-order valence-electron chi connectivity index (χ1n) is 22.0. The molecule has 1 N–H and O–H groups in total. The van der Waals surface area contributed by atoms with Crippen LogP contribution in [0.5, 0.6) is 0 Å². The van der Waals surface area contributed by atoms with Crippen LogP contribution in [0.3, 0.4) is 0 Å². The van der Waals surface area contributed by atoms with E-state index in [-0.39, 0.29) is 16.8 Å². The Morgan fingerprint density at radius 3 is 2.25 bits per heavy atom. The summed E-state index contributed by atoms with van der Waals surface area (Å²) in [5.74, 6) is 3.74. The highest BCUT2D eigenvalue weighted by atomic mass is 32.2. The van der Waals surface area contributed by atoms with Crippen LogP contribution in [0.4, 0.5) is 0 Å². The van der Waals surface area contributed by atoms with Gasteiger partial charge in [0.2, 0.25) is 0 Å². The van der Waals surface area contributed by atoms with E-state index in [2.05, 4.69) is 76.5 Å². The largest absolute Gasteiger partial charge is 0.456 e. The quantitative estimate of drug-likeness (QED) is 0.153. The third kappa shape index (κ3) is 7.15. The fourth-order valence-corrected chi connectivity index (χ4v) is 15.8. The second-order valence-corrected chi connectivity index (χ2v) is 24.0. The average Bonchev–Trinajstić information content (AvgIpc) is 3.48. The summed E-state index contributed by atoms with van der Waals surface area (Å²) in [6.07, 6.45) is 15.3. The van der Waals surface area contributed by atoms with Gasteiger partial charge in [0.1, 0.15) is 5.60 Å². The summed E-state index contributed by atoms with van der Waals surface area (Å²) in [5.41, 5.74) is 5.47. The van der Waals surface area contributed by atoms with E-state index in [1.54, 1.807) is 0 Å². The van der Waals surface area contributed by atoms with E-state index in [0.29, 0.717) is 70.1 Å². The number of nitrogens with zero attached hydrogens (tertiary/aromatic N) is 1. The SMILES string of the molecule is C=C(C)[C@@H]1CC[C@]2(CNCCCN3CCS(=O)(=O)CC3)CC[C@]3(C)[C@H](CC[C@@H]4[C@@]5(C)CC=C(c6ccc(C(=O)OC(C)(C)C)cc6)C(C)(C)[C@@H]5CC[C@]43C)[C@@H]12. The van der Waals surface area contributed by atoms with Gasteiger partial charge in [-0.15, -0.1) is 0 Å². The number of ether oxygens (including phenoxy) is 1. The van der Waals surface area contributed by atoms with E-state index in [9.17, 15) is 13.2 Å². The molecule has 0 amide bonds. The van der Waals surface area contributed by atoms with Crippen LogP contribution in [0.2, 0.25) is 0 Å². The van der Waals surface area contributed by atoms with Crippen molar-refractivity contribution >= 4 is 21.4 Å². The smallest absolute Gasteiger partial charge is 0.338 e. The Kier molecular flexibility index (Phi) is 10.8. The lowest BCUT2D eigenvalue weighted by Gasteiger charge is -2.72. The number of hydrogen-bond acceptors (Lipinski definition) is 6. The highest BCUT2D eigenvalue weighted by Gasteiger charge is 2.70. The lowest BCUT2D eigenvalue weighted by atomic mass is 9.32. The van der Waals surface area contributed by atoms with Gasteiger partial charge in [0, 0.05) is 19.6 Å². The number of nitrogens with one attached hydrogen (secondary N) is 1. The summed E-state index contributed by atoms with van der Waals surface area (Å²) in [5, 5.41) is 3.99. The molecule has 5 fully saturated rings. The Morgan fingerprint density at radius 2 is 1.60 bits per heavy atom. The molecule has 4 saturated carbocycles. The molecular weight excluding hydrogens is 701 g/mol. The lowest BCUT2D eigenvalue weighted by Crippen LogP contribution is -2.65. The maximum absolute atomic E-state index is 12.8. The van der Waals surface area contributed by atoms with E-state index in [1.165, 1.54) is 68.1 Å². The van der Waals surface area contributed by atoms with Gasteiger partial charge in [0.15, 0.2) is 9.84 Å². The van der Waals surface area contributed by atoms with Gasteiger partial charge in [-0.25, -0.2) is 13.2 Å². The van der Waals surface area contributed by atoms with Gasteiger partial charge in [0.05, 0.1) is 17.1 Å². The van der Waals surface area contributed by atoms with Crippen LogP contribution in [0.1, 0.15) is 142 Å². The van der Waals surface area contributed by atoms with Crippen molar-refractivity contribution in [3.05, 3.63) is 53.6 Å². The zero-order valence-corrected chi connectivity index (χ0v) is 36.8. The molecule has 0 spiro atoms. The van der Waals surface area contributed by atoms with Crippen LogP contribution >= 0.6 is 0 Å². The van der Waals surface area contributed by atoms with Gasteiger partial charge < -0.3 is 15.0 Å². The molecule has 306 valence electrons. The van der Waals surface area contributed by atoms with Crippen molar-refractivity contribution in [2.24, 2.45) is 56.7 Å². The minimum absolute atomic E-state index is 0.0368. The molecule has 5 aliphatic carbocycles. The highest BCUT2D eigenvalue weighted by molar-refractivity contribution is 7.91. The van der Waals surface area contributed by atoms with E-state index in [0.717, 1.165) is 38.4 Å². The Labute approximate surface area is 335 Å². The van der Waals surface area contributed by atoms with E-state index >= 15 is 0 Å². The molecule has 1 heterocycles. The fraction of sp³-hybridized carbons (Fsp3) is 0.771. The molecule has 7 heteroatoms. The molecule has 0 unspecified atom stereocenters. The first-order chi connectivity index (χ1) is 25.7. The van der Waals surface area contributed by atoms with Crippen LogP contribution in [-0.4, -0.2) is 69.1 Å². The second-order valence-electron chi connectivity index (χ2n) is 21.7. The third-order valence-electron chi connectivity index (χ3n) is 17.4. The van der Waals surface area contributed by atoms with E-state index < -0.39 is 15.4 Å². The number of esters is 1. The van der Waals surface area contributed by atoms with Crippen molar-refractivity contribution in [1.29, 1.82) is 0 Å². The summed E-state index contributed by atoms with van der Waals surface area (Å²) >= 11 is 0. The predicted molar refractivity (Wildman–Crippen MR) is 227 cm³/mol. The van der Waals surface area contributed by atoms with Crippen LogP contribution < -0.4 is 5.32 Å². The van der Waals surface area contributed by atoms with Gasteiger partial charge in [-0.1, -0.05) is 65.0 Å². The first-order valence-corrected chi connectivity index (χ1v) is 23.8. The highest BCUT2D eigenvalue weighted by Crippen LogP contribution is 2.77.